The van der Waals surface area contributed by atoms with Gasteiger partial charge in [-0.15, -0.1) is 0 Å². The van der Waals surface area contributed by atoms with Gasteiger partial charge in [-0.1, -0.05) is 0 Å². The highest BCUT2D eigenvalue weighted by molar-refractivity contribution is 5.27. The molecule has 34 heavy (non-hydrogen) atoms. The molecule has 0 aliphatic carbocycles. The standard InChI is InChI=1S/2C9H11F2N3O3/c2*10-5-2-14(8(16)13-7(5)12)6-1-9(11,3-15)4-17-6/h2*2,6,15H,1,3-4H2,(H2,12,13,16)/t6-,9+;6-,9-/m11/s1. The quantitative estimate of drug-likeness (QED) is 0.392. The van der Waals surface area contributed by atoms with Gasteiger partial charge in [-0.05, 0) is 0 Å². The van der Waals surface area contributed by atoms with Crippen LogP contribution < -0.4 is 22.8 Å². The normalized spacial score (nSPS) is 28.5. The molecule has 0 amide bonds. The van der Waals surface area contributed by atoms with Crippen LogP contribution in [0.4, 0.5) is 29.2 Å². The van der Waals surface area contributed by atoms with Gasteiger partial charge in [-0.3, -0.25) is 9.13 Å². The molecule has 6 N–H and O–H groups in total. The second-order valence-corrected chi connectivity index (χ2v) is 7.89. The summed E-state index contributed by atoms with van der Waals surface area (Å²) in [5, 5.41) is 17.6. The zero-order valence-corrected chi connectivity index (χ0v) is 17.5. The van der Waals surface area contributed by atoms with Crippen LogP contribution in [0.25, 0.3) is 0 Å². The van der Waals surface area contributed by atoms with Crippen molar-refractivity contribution in [2.75, 3.05) is 37.9 Å². The number of hydrogen-bond acceptors (Lipinski definition) is 10. The van der Waals surface area contributed by atoms with E-state index in [1.807, 2.05) is 0 Å². The highest BCUT2D eigenvalue weighted by Crippen LogP contribution is 2.34. The van der Waals surface area contributed by atoms with Gasteiger partial charge in [0.15, 0.2) is 34.6 Å². The SMILES string of the molecule is Nc1nc(=O)n([C@H]2C[C@@](F)(CO)CO2)cc1F.Nc1nc(=O)n([C@H]2C[C@](F)(CO)CO2)cc1F. The van der Waals surface area contributed by atoms with Gasteiger partial charge in [0.25, 0.3) is 0 Å². The van der Waals surface area contributed by atoms with E-state index in [1.54, 1.807) is 0 Å². The van der Waals surface area contributed by atoms with Crippen molar-refractivity contribution in [3.63, 3.8) is 0 Å². The Morgan fingerprint density at radius 1 is 0.882 bits per heavy atom. The minimum Gasteiger partial charge on any atom is -0.393 e. The van der Waals surface area contributed by atoms with Crippen LogP contribution >= 0.6 is 0 Å². The van der Waals surface area contributed by atoms with Crippen LogP contribution in [0, 0.1) is 11.6 Å². The Labute approximate surface area is 188 Å². The molecule has 4 atom stereocenters. The fraction of sp³-hybridized carbons (Fsp3) is 0.556. The van der Waals surface area contributed by atoms with Crippen LogP contribution in [0.15, 0.2) is 22.0 Å². The molecule has 12 nitrogen and oxygen atoms in total. The summed E-state index contributed by atoms with van der Waals surface area (Å²) in [7, 11) is 0. The van der Waals surface area contributed by atoms with Crippen LogP contribution in [0.1, 0.15) is 25.3 Å². The monoisotopic (exact) mass is 494 g/mol. The van der Waals surface area contributed by atoms with E-state index >= 15 is 0 Å². The number of alkyl halides is 2. The molecule has 0 bridgehead atoms. The predicted molar refractivity (Wildman–Crippen MR) is 107 cm³/mol. The maximum atomic E-state index is 13.7. The van der Waals surface area contributed by atoms with Crippen LogP contribution in [-0.4, -0.2) is 67.1 Å². The third-order valence-corrected chi connectivity index (χ3v) is 5.21. The van der Waals surface area contributed by atoms with Gasteiger partial charge in [0.2, 0.25) is 0 Å². The van der Waals surface area contributed by atoms with Gasteiger partial charge in [0.05, 0.1) is 38.8 Å². The van der Waals surface area contributed by atoms with Crippen LogP contribution in [0.3, 0.4) is 0 Å². The first kappa shape index (κ1) is 25.5. The van der Waals surface area contributed by atoms with Crippen molar-refractivity contribution in [1.29, 1.82) is 0 Å². The van der Waals surface area contributed by atoms with Gasteiger partial charge in [0, 0.05) is 12.8 Å². The molecule has 0 unspecified atom stereocenters. The summed E-state index contributed by atoms with van der Waals surface area (Å²) in [5.41, 5.74) is 4.75. The number of hydrogen-bond donors (Lipinski definition) is 4. The molecule has 0 aromatic carbocycles. The number of rotatable bonds is 4. The first-order chi connectivity index (χ1) is 15.9. The fourth-order valence-corrected chi connectivity index (χ4v) is 3.26. The van der Waals surface area contributed by atoms with E-state index in [-0.39, 0.29) is 26.1 Å². The first-order valence-corrected chi connectivity index (χ1v) is 9.81. The highest BCUT2D eigenvalue weighted by atomic mass is 19.2. The van der Waals surface area contributed by atoms with E-state index in [0.717, 1.165) is 21.5 Å². The Kier molecular flexibility index (Phi) is 7.25. The Morgan fingerprint density at radius 3 is 1.53 bits per heavy atom. The van der Waals surface area contributed by atoms with Crippen molar-refractivity contribution >= 4 is 11.6 Å². The first-order valence-electron chi connectivity index (χ1n) is 9.81. The molecule has 2 aromatic rings. The van der Waals surface area contributed by atoms with Gasteiger partial charge in [-0.2, -0.15) is 9.97 Å². The Morgan fingerprint density at radius 2 is 1.24 bits per heavy atom. The second-order valence-electron chi connectivity index (χ2n) is 7.89. The smallest absolute Gasteiger partial charge is 0.351 e. The number of ether oxygens (including phenoxy) is 2. The lowest BCUT2D eigenvalue weighted by molar-refractivity contribution is 0.0270. The lowest BCUT2D eigenvalue weighted by Crippen LogP contribution is -2.30. The van der Waals surface area contributed by atoms with E-state index in [0.29, 0.717) is 0 Å². The van der Waals surface area contributed by atoms with E-state index < -0.39 is 71.7 Å². The number of halogens is 4. The van der Waals surface area contributed by atoms with E-state index in [4.69, 9.17) is 31.2 Å². The second kappa shape index (κ2) is 9.65. The van der Waals surface area contributed by atoms with E-state index in [1.165, 1.54) is 0 Å². The summed E-state index contributed by atoms with van der Waals surface area (Å²) in [6.45, 7) is -2.15. The van der Waals surface area contributed by atoms with Gasteiger partial charge in [-0.25, -0.2) is 27.2 Å². The average molecular weight is 494 g/mol. The molecule has 2 saturated heterocycles. The molecule has 0 saturated carbocycles. The molecule has 0 radical (unpaired) electrons. The summed E-state index contributed by atoms with van der Waals surface area (Å²) < 4.78 is 65.2. The summed E-state index contributed by atoms with van der Waals surface area (Å²) in [6.07, 6.45) is -0.815. The van der Waals surface area contributed by atoms with Crippen molar-refractivity contribution in [1.82, 2.24) is 19.1 Å². The van der Waals surface area contributed by atoms with Crippen molar-refractivity contribution in [2.45, 2.75) is 36.6 Å². The van der Waals surface area contributed by atoms with Crippen LogP contribution in [0.2, 0.25) is 0 Å². The number of aliphatic hydroxyl groups is 2. The molecule has 4 heterocycles. The van der Waals surface area contributed by atoms with Crippen molar-refractivity contribution in [3.8, 4) is 0 Å². The Bertz CT molecular complexity index is 1080. The molecule has 16 heteroatoms. The summed E-state index contributed by atoms with van der Waals surface area (Å²) in [5.74, 6) is -2.79. The Balaban J connectivity index is 0.000000191. The zero-order chi connectivity index (χ0) is 25.3. The maximum absolute atomic E-state index is 13.7. The molecule has 0 spiro atoms. The van der Waals surface area contributed by atoms with E-state index in [9.17, 15) is 27.2 Å². The lowest BCUT2D eigenvalue weighted by Gasteiger charge is -2.14. The molecule has 2 aliphatic rings. The maximum Gasteiger partial charge on any atom is 0.351 e. The van der Waals surface area contributed by atoms with Gasteiger partial charge < -0.3 is 31.2 Å². The molecule has 188 valence electrons. The number of nitrogens with zero attached hydrogens (tertiary/aromatic N) is 4. The van der Waals surface area contributed by atoms with Crippen molar-refractivity contribution < 1.29 is 37.2 Å². The average Bonchev–Trinajstić information content (AvgIpc) is 3.38. The predicted octanol–water partition coefficient (Wildman–Crippen LogP) is -0.832. The van der Waals surface area contributed by atoms with Gasteiger partial charge >= 0.3 is 11.4 Å². The van der Waals surface area contributed by atoms with Crippen molar-refractivity contribution in [3.05, 3.63) is 45.0 Å². The Hall–Kier alpha value is -3.08. The molecular formula is C18H22F4N6O6. The molecule has 2 fully saturated rings. The largest absolute Gasteiger partial charge is 0.393 e. The van der Waals surface area contributed by atoms with Crippen molar-refractivity contribution in [2.24, 2.45) is 0 Å². The summed E-state index contributed by atoms with van der Waals surface area (Å²) >= 11 is 0. The number of nitrogens with two attached hydrogens (primary N) is 2. The molecule has 4 rings (SSSR count). The minimum atomic E-state index is -1.91. The number of aliphatic hydroxyl groups excluding tert-OH is 2. The van der Waals surface area contributed by atoms with E-state index in [2.05, 4.69) is 9.97 Å². The topological polar surface area (TPSA) is 181 Å². The molecular weight excluding hydrogens is 472 g/mol. The third-order valence-electron chi connectivity index (χ3n) is 5.21. The number of anilines is 2. The van der Waals surface area contributed by atoms with Crippen LogP contribution in [0.5, 0.6) is 0 Å². The fourth-order valence-electron chi connectivity index (χ4n) is 3.26. The minimum absolute atomic E-state index is 0.242. The highest BCUT2D eigenvalue weighted by Gasteiger charge is 2.42. The number of aromatic nitrogens is 4. The molecule has 2 aliphatic heterocycles. The third kappa shape index (κ3) is 5.35. The van der Waals surface area contributed by atoms with Crippen LogP contribution in [-0.2, 0) is 9.47 Å². The lowest BCUT2D eigenvalue weighted by atomic mass is 10.1. The molecule has 2 aromatic heterocycles. The summed E-state index contributed by atoms with van der Waals surface area (Å²) in [6, 6.07) is 0. The van der Waals surface area contributed by atoms with Gasteiger partial charge in [0.1, 0.15) is 12.5 Å². The number of nitrogen functional groups attached to an aromatic ring is 2. The summed E-state index contributed by atoms with van der Waals surface area (Å²) in [4.78, 5) is 29.3. The zero-order valence-electron chi connectivity index (χ0n) is 17.5.